The Bertz CT molecular complexity index is 455. The smallest absolute Gasteiger partial charge is 0.221 e. The van der Waals surface area contributed by atoms with Crippen molar-refractivity contribution in [1.82, 2.24) is 10.6 Å². The SMILES string of the molecule is CCC(C)NC(=O)CCNCc1cc(C)c(C)cc1C. The lowest BCUT2D eigenvalue weighted by molar-refractivity contribution is -0.121. The van der Waals surface area contributed by atoms with E-state index in [9.17, 15) is 4.79 Å². The second-order valence-corrected chi connectivity index (χ2v) is 5.67. The Morgan fingerprint density at radius 1 is 1.15 bits per heavy atom. The van der Waals surface area contributed by atoms with Crippen LogP contribution in [0.15, 0.2) is 12.1 Å². The van der Waals surface area contributed by atoms with Gasteiger partial charge in [0.05, 0.1) is 0 Å². The molecular weight excluding hydrogens is 248 g/mol. The normalized spacial score (nSPS) is 12.2. The molecule has 0 fully saturated rings. The minimum atomic E-state index is 0.128. The summed E-state index contributed by atoms with van der Waals surface area (Å²) in [5.41, 5.74) is 5.28. The van der Waals surface area contributed by atoms with Gasteiger partial charge in [-0.2, -0.15) is 0 Å². The maximum absolute atomic E-state index is 11.6. The van der Waals surface area contributed by atoms with Crippen LogP contribution in [0, 0.1) is 20.8 Å². The number of carbonyl (C=O) groups is 1. The van der Waals surface area contributed by atoms with E-state index in [1.807, 2.05) is 6.92 Å². The highest BCUT2D eigenvalue weighted by Crippen LogP contribution is 2.14. The van der Waals surface area contributed by atoms with Crippen molar-refractivity contribution in [3.63, 3.8) is 0 Å². The zero-order valence-corrected chi connectivity index (χ0v) is 13.5. The number of aryl methyl sites for hydroxylation is 3. The highest BCUT2D eigenvalue weighted by Gasteiger charge is 2.05. The van der Waals surface area contributed by atoms with Crippen LogP contribution in [0.25, 0.3) is 0 Å². The molecule has 0 saturated carbocycles. The van der Waals surface area contributed by atoms with Crippen LogP contribution in [0.4, 0.5) is 0 Å². The van der Waals surface area contributed by atoms with E-state index in [-0.39, 0.29) is 11.9 Å². The average Bonchev–Trinajstić information content (AvgIpc) is 2.40. The molecule has 0 aliphatic carbocycles. The van der Waals surface area contributed by atoms with E-state index in [0.717, 1.165) is 13.0 Å². The quantitative estimate of drug-likeness (QED) is 0.752. The lowest BCUT2D eigenvalue weighted by Crippen LogP contribution is -2.33. The first-order chi connectivity index (χ1) is 9.43. The van der Waals surface area contributed by atoms with Crippen LogP contribution in [0.3, 0.4) is 0 Å². The van der Waals surface area contributed by atoms with Crippen molar-refractivity contribution in [3.8, 4) is 0 Å². The zero-order chi connectivity index (χ0) is 15.1. The van der Waals surface area contributed by atoms with Gasteiger partial charge in [-0.15, -0.1) is 0 Å². The molecular formula is C17H28N2O. The van der Waals surface area contributed by atoms with Gasteiger partial charge in [-0.05, 0) is 56.4 Å². The Morgan fingerprint density at radius 3 is 2.45 bits per heavy atom. The van der Waals surface area contributed by atoms with Crippen molar-refractivity contribution >= 4 is 5.91 Å². The first kappa shape index (κ1) is 16.7. The molecule has 1 aromatic rings. The van der Waals surface area contributed by atoms with Gasteiger partial charge in [0.1, 0.15) is 0 Å². The molecule has 1 atom stereocenters. The third-order valence-electron chi connectivity index (χ3n) is 3.82. The highest BCUT2D eigenvalue weighted by molar-refractivity contribution is 5.76. The third-order valence-corrected chi connectivity index (χ3v) is 3.82. The second-order valence-electron chi connectivity index (χ2n) is 5.67. The van der Waals surface area contributed by atoms with E-state index in [2.05, 4.69) is 50.5 Å². The third kappa shape index (κ3) is 5.33. The average molecular weight is 276 g/mol. The standard InChI is InChI=1S/C17H28N2O/c1-6-15(5)19-17(20)7-8-18-11-16-10-13(3)12(2)9-14(16)4/h9-10,15,18H,6-8,11H2,1-5H3,(H,19,20). The Morgan fingerprint density at radius 2 is 1.80 bits per heavy atom. The molecule has 0 heterocycles. The topological polar surface area (TPSA) is 41.1 Å². The molecule has 1 amide bonds. The summed E-state index contributed by atoms with van der Waals surface area (Å²) in [6.45, 7) is 12.1. The molecule has 0 saturated heterocycles. The minimum Gasteiger partial charge on any atom is -0.354 e. The lowest BCUT2D eigenvalue weighted by atomic mass is 10.0. The predicted molar refractivity (Wildman–Crippen MR) is 84.9 cm³/mol. The second kappa shape index (κ2) is 8.05. The molecule has 0 radical (unpaired) electrons. The highest BCUT2D eigenvalue weighted by atomic mass is 16.1. The molecule has 0 aromatic heterocycles. The number of nitrogens with one attached hydrogen (secondary N) is 2. The largest absolute Gasteiger partial charge is 0.354 e. The van der Waals surface area contributed by atoms with Crippen molar-refractivity contribution in [1.29, 1.82) is 0 Å². The molecule has 1 rings (SSSR count). The fraction of sp³-hybridized carbons (Fsp3) is 0.588. The number of carbonyl (C=O) groups excluding carboxylic acids is 1. The van der Waals surface area contributed by atoms with Gasteiger partial charge in [-0.3, -0.25) is 4.79 Å². The first-order valence-electron chi connectivity index (χ1n) is 7.50. The molecule has 0 spiro atoms. The number of hydrogen-bond donors (Lipinski definition) is 2. The molecule has 0 bridgehead atoms. The van der Waals surface area contributed by atoms with Crippen LogP contribution in [-0.2, 0) is 11.3 Å². The summed E-state index contributed by atoms with van der Waals surface area (Å²) >= 11 is 0. The summed E-state index contributed by atoms with van der Waals surface area (Å²) in [7, 11) is 0. The van der Waals surface area contributed by atoms with Crippen LogP contribution < -0.4 is 10.6 Å². The van der Waals surface area contributed by atoms with Crippen LogP contribution in [0.2, 0.25) is 0 Å². The Hall–Kier alpha value is -1.35. The van der Waals surface area contributed by atoms with Gasteiger partial charge >= 0.3 is 0 Å². The molecule has 0 aliphatic rings. The zero-order valence-electron chi connectivity index (χ0n) is 13.5. The predicted octanol–water partition coefficient (Wildman–Crippen LogP) is 3.01. The number of rotatable bonds is 7. The van der Waals surface area contributed by atoms with E-state index in [0.29, 0.717) is 13.0 Å². The van der Waals surface area contributed by atoms with Gasteiger partial charge in [0.25, 0.3) is 0 Å². The van der Waals surface area contributed by atoms with E-state index < -0.39 is 0 Å². The maximum Gasteiger partial charge on any atom is 0.221 e. The van der Waals surface area contributed by atoms with Crippen LogP contribution in [-0.4, -0.2) is 18.5 Å². The van der Waals surface area contributed by atoms with E-state index >= 15 is 0 Å². The van der Waals surface area contributed by atoms with Gasteiger partial charge in [-0.1, -0.05) is 19.1 Å². The minimum absolute atomic E-state index is 0.128. The molecule has 3 heteroatoms. The van der Waals surface area contributed by atoms with Crippen LogP contribution in [0.5, 0.6) is 0 Å². The Kier molecular flexibility index (Phi) is 6.73. The van der Waals surface area contributed by atoms with Gasteiger partial charge in [-0.25, -0.2) is 0 Å². The number of hydrogen-bond acceptors (Lipinski definition) is 2. The van der Waals surface area contributed by atoms with Crippen molar-refractivity contribution in [3.05, 3.63) is 34.4 Å². The van der Waals surface area contributed by atoms with Crippen molar-refractivity contribution in [2.45, 2.75) is 60.0 Å². The van der Waals surface area contributed by atoms with Gasteiger partial charge in [0.2, 0.25) is 5.91 Å². The summed E-state index contributed by atoms with van der Waals surface area (Å²) in [4.78, 5) is 11.6. The van der Waals surface area contributed by atoms with E-state index in [4.69, 9.17) is 0 Å². The fourth-order valence-corrected chi connectivity index (χ4v) is 2.08. The van der Waals surface area contributed by atoms with Crippen molar-refractivity contribution < 1.29 is 4.79 Å². The monoisotopic (exact) mass is 276 g/mol. The summed E-state index contributed by atoms with van der Waals surface area (Å²) in [5.74, 6) is 0.128. The number of amides is 1. The first-order valence-corrected chi connectivity index (χ1v) is 7.50. The molecule has 1 aromatic carbocycles. The Balaban J connectivity index is 2.35. The summed E-state index contributed by atoms with van der Waals surface area (Å²) < 4.78 is 0. The van der Waals surface area contributed by atoms with E-state index in [1.165, 1.54) is 22.3 Å². The van der Waals surface area contributed by atoms with Crippen molar-refractivity contribution in [2.75, 3.05) is 6.54 Å². The summed E-state index contributed by atoms with van der Waals surface area (Å²) in [5, 5.41) is 6.33. The van der Waals surface area contributed by atoms with Gasteiger partial charge < -0.3 is 10.6 Å². The lowest BCUT2D eigenvalue weighted by Gasteiger charge is -2.13. The molecule has 112 valence electrons. The van der Waals surface area contributed by atoms with E-state index in [1.54, 1.807) is 0 Å². The fourth-order valence-electron chi connectivity index (χ4n) is 2.08. The Labute approximate surface area is 123 Å². The molecule has 20 heavy (non-hydrogen) atoms. The van der Waals surface area contributed by atoms with Crippen LogP contribution >= 0.6 is 0 Å². The molecule has 3 nitrogen and oxygen atoms in total. The van der Waals surface area contributed by atoms with Crippen LogP contribution in [0.1, 0.15) is 48.9 Å². The number of benzene rings is 1. The summed E-state index contributed by atoms with van der Waals surface area (Å²) in [6.07, 6.45) is 1.51. The van der Waals surface area contributed by atoms with Gasteiger partial charge in [0, 0.05) is 25.6 Å². The molecule has 2 N–H and O–H groups in total. The van der Waals surface area contributed by atoms with Gasteiger partial charge in [0.15, 0.2) is 0 Å². The summed E-state index contributed by atoms with van der Waals surface area (Å²) in [6, 6.07) is 4.73. The maximum atomic E-state index is 11.6. The molecule has 0 aliphatic heterocycles. The molecule has 1 unspecified atom stereocenters. The van der Waals surface area contributed by atoms with Crippen molar-refractivity contribution in [2.24, 2.45) is 0 Å².